The maximum absolute atomic E-state index is 11.9. The van der Waals surface area contributed by atoms with Gasteiger partial charge in [0.05, 0.1) is 17.9 Å². The van der Waals surface area contributed by atoms with Gasteiger partial charge in [-0.3, -0.25) is 4.99 Å². The van der Waals surface area contributed by atoms with Crippen LogP contribution in [0.15, 0.2) is 4.99 Å². The van der Waals surface area contributed by atoms with Crippen molar-refractivity contribution in [2.75, 3.05) is 43.4 Å². The van der Waals surface area contributed by atoms with E-state index in [-0.39, 0.29) is 11.8 Å². The SMILES string of the molecule is CCNC(=NCC1(O)CCSC1)NC1CCN(S(=O)(=O)CC)CC1. The van der Waals surface area contributed by atoms with E-state index in [1.807, 2.05) is 6.92 Å². The molecule has 0 aromatic carbocycles. The molecule has 0 spiro atoms. The zero-order valence-corrected chi connectivity index (χ0v) is 16.3. The van der Waals surface area contributed by atoms with Gasteiger partial charge < -0.3 is 15.7 Å². The molecule has 0 aromatic rings. The van der Waals surface area contributed by atoms with E-state index in [9.17, 15) is 13.5 Å². The molecule has 0 radical (unpaired) electrons. The normalized spacial score (nSPS) is 27.4. The van der Waals surface area contributed by atoms with E-state index in [1.165, 1.54) is 0 Å². The molecule has 9 heteroatoms. The van der Waals surface area contributed by atoms with E-state index in [2.05, 4.69) is 15.6 Å². The second-order valence-electron chi connectivity index (χ2n) is 6.44. The minimum Gasteiger partial charge on any atom is -0.387 e. The first-order chi connectivity index (χ1) is 11.4. The topological polar surface area (TPSA) is 94.0 Å². The summed E-state index contributed by atoms with van der Waals surface area (Å²) in [6.07, 6.45) is 2.32. The summed E-state index contributed by atoms with van der Waals surface area (Å²) in [5.41, 5.74) is -0.689. The van der Waals surface area contributed by atoms with Gasteiger partial charge in [0.25, 0.3) is 0 Å². The Balaban J connectivity index is 1.87. The van der Waals surface area contributed by atoms with Crippen molar-refractivity contribution >= 4 is 27.7 Å². The summed E-state index contributed by atoms with van der Waals surface area (Å²) in [4.78, 5) is 4.54. The molecule has 2 heterocycles. The number of guanidine groups is 1. The maximum Gasteiger partial charge on any atom is 0.213 e. The summed E-state index contributed by atoms with van der Waals surface area (Å²) in [7, 11) is -3.09. The van der Waals surface area contributed by atoms with Crippen LogP contribution in [0.3, 0.4) is 0 Å². The number of piperidine rings is 1. The zero-order valence-electron chi connectivity index (χ0n) is 14.6. The summed E-state index contributed by atoms with van der Waals surface area (Å²) < 4.78 is 25.4. The van der Waals surface area contributed by atoms with Gasteiger partial charge in [-0.2, -0.15) is 11.8 Å². The first-order valence-corrected chi connectivity index (χ1v) is 11.5. The lowest BCUT2D eigenvalue weighted by molar-refractivity contribution is 0.0778. The van der Waals surface area contributed by atoms with Gasteiger partial charge in [-0.15, -0.1) is 0 Å². The predicted molar refractivity (Wildman–Crippen MR) is 100 cm³/mol. The summed E-state index contributed by atoms with van der Waals surface area (Å²) >= 11 is 1.76. The monoisotopic (exact) mass is 378 g/mol. The fourth-order valence-electron chi connectivity index (χ4n) is 2.92. The molecule has 3 N–H and O–H groups in total. The Labute approximate surface area is 149 Å². The number of nitrogens with zero attached hydrogens (tertiary/aromatic N) is 2. The van der Waals surface area contributed by atoms with E-state index in [4.69, 9.17) is 0 Å². The number of aliphatic imine (C=N–C) groups is 1. The molecule has 24 heavy (non-hydrogen) atoms. The molecule has 0 amide bonds. The van der Waals surface area contributed by atoms with Crippen molar-refractivity contribution in [1.29, 1.82) is 0 Å². The smallest absolute Gasteiger partial charge is 0.213 e. The van der Waals surface area contributed by atoms with Gasteiger partial charge in [-0.25, -0.2) is 12.7 Å². The van der Waals surface area contributed by atoms with Crippen LogP contribution in [0.2, 0.25) is 0 Å². The number of hydrogen-bond acceptors (Lipinski definition) is 5. The van der Waals surface area contributed by atoms with Gasteiger partial charge in [0.1, 0.15) is 0 Å². The minimum atomic E-state index is -3.09. The van der Waals surface area contributed by atoms with Gasteiger partial charge >= 0.3 is 0 Å². The number of rotatable bonds is 6. The zero-order chi connectivity index (χ0) is 17.6. The van der Waals surface area contributed by atoms with Crippen molar-refractivity contribution in [3.63, 3.8) is 0 Å². The summed E-state index contributed by atoms with van der Waals surface area (Å²) in [5, 5.41) is 17.0. The Bertz CT molecular complexity index is 525. The lowest BCUT2D eigenvalue weighted by atomic mass is 10.0. The highest BCUT2D eigenvalue weighted by Crippen LogP contribution is 2.27. The molecule has 2 saturated heterocycles. The Hall–Kier alpha value is -0.510. The molecule has 0 saturated carbocycles. The minimum absolute atomic E-state index is 0.159. The highest BCUT2D eigenvalue weighted by molar-refractivity contribution is 7.99. The first kappa shape index (κ1) is 19.8. The number of sulfonamides is 1. The Morgan fingerprint density at radius 2 is 2.08 bits per heavy atom. The molecule has 1 atom stereocenters. The average Bonchev–Trinajstić information content (AvgIpc) is 3.00. The molecule has 2 aliphatic rings. The molecule has 140 valence electrons. The summed E-state index contributed by atoms with van der Waals surface area (Å²) in [5.74, 6) is 2.59. The van der Waals surface area contributed by atoms with E-state index < -0.39 is 15.6 Å². The van der Waals surface area contributed by atoms with E-state index >= 15 is 0 Å². The fourth-order valence-corrected chi connectivity index (χ4v) is 5.34. The number of thioether (sulfide) groups is 1. The van der Waals surface area contributed by atoms with Crippen LogP contribution in [0.5, 0.6) is 0 Å². The van der Waals surface area contributed by atoms with Crippen LogP contribution in [-0.4, -0.2) is 78.9 Å². The molecule has 7 nitrogen and oxygen atoms in total. The van der Waals surface area contributed by atoms with Crippen molar-refractivity contribution in [2.45, 2.75) is 44.8 Å². The summed E-state index contributed by atoms with van der Waals surface area (Å²) in [6.45, 7) is 5.94. The quantitative estimate of drug-likeness (QED) is 0.452. The van der Waals surface area contributed by atoms with Gasteiger partial charge in [-0.1, -0.05) is 0 Å². The second-order valence-corrected chi connectivity index (χ2v) is 9.80. The third kappa shape index (κ3) is 5.50. The third-order valence-electron chi connectivity index (χ3n) is 4.51. The van der Waals surface area contributed by atoms with Gasteiger partial charge in [0.15, 0.2) is 5.96 Å². The maximum atomic E-state index is 11.9. The molecular formula is C15H30N4O3S2. The van der Waals surface area contributed by atoms with Crippen molar-refractivity contribution in [3.8, 4) is 0 Å². The largest absolute Gasteiger partial charge is 0.387 e. The lowest BCUT2D eigenvalue weighted by Gasteiger charge is -2.32. The molecule has 1 unspecified atom stereocenters. The van der Waals surface area contributed by atoms with Crippen LogP contribution in [0, 0.1) is 0 Å². The second kappa shape index (κ2) is 8.73. The van der Waals surface area contributed by atoms with Crippen LogP contribution in [-0.2, 0) is 10.0 Å². The van der Waals surface area contributed by atoms with Crippen LogP contribution in [0.25, 0.3) is 0 Å². The van der Waals surface area contributed by atoms with E-state index in [0.29, 0.717) is 25.6 Å². The standard InChI is InChI=1S/C15H30N4O3S2/c1-3-16-14(17-11-15(20)7-10-23-12-15)18-13-5-8-19(9-6-13)24(21,22)4-2/h13,20H,3-12H2,1-2H3,(H2,16,17,18). The first-order valence-electron chi connectivity index (χ1n) is 8.71. The molecule has 2 fully saturated rings. The molecule has 0 aliphatic carbocycles. The predicted octanol–water partition coefficient (Wildman–Crippen LogP) is 0.224. The van der Waals surface area contributed by atoms with Crippen LogP contribution >= 0.6 is 11.8 Å². The number of hydrogen-bond donors (Lipinski definition) is 3. The van der Waals surface area contributed by atoms with E-state index in [0.717, 1.165) is 37.3 Å². The molecule has 0 bridgehead atoms. The highest BCUT2D eigenvalue weighted by Gasteiger charge is 2.32. The number of nitrogens with one attached hydrogen (secondary N) is 2. The molecular weight excluding hydrogens is 348 g/mol. The fraction of sp³-hybridized carbons (Fsp3) is 0.933. The van der Waals surface area contributed by atoms with Gasteiger partial charge in [-0.05, 0) is 38.9 Å². The van der Waals surface area contributed by atoms with Gasteiger partial charge in [0.2, 0.25) is 10.0 Å². The van der Waals surface area contributed by atoms with Crippen molar-refractivity contribution in [3.05, 3.63) is 0 Å². The van der Waals surface area contributed by atoms with Crippen molar-refractivity contribution < 1.29 is 13.5 Å². The van der Waals surface area contributed by atoms with Gasteiger partial charge in [0, 0.05) is 31.4 Å². The molecule has 0 aromatic heterocycles. The lowest BCUT2D eigenvalue weighted by Crippen LogP contribution is -2.50. The summed E-state index contributed by atoms with van der Waals surface area (Å²) in [6, 6.07) is 0.207. The molecule has 2 rings (SSSR count). The van der Waals surface area contributed by atoms with Crippen LogP contribution < -0.4 is 10.6 Å². The van der Waals surface area contributed by atoms with Crippen molar-refractivity contribution in [1.82, 2.24) is 14.9 Å². The van der Waals surface area contributed by atoms with Crippen LogP contribution in [0.1, 0.15) is 33.1 Å². The average molecular weight is 379 g/mol. The Kier molecular flexibility index (Phi) is 7.21. The highest BCUT2D eigenvalue weighted by atomic mass is 32.2. The molecule has 2 aliphatic heterocycles. The Morgan fingerprint density at radius 3 is 2.62 bits per heavy atom. The Morgan fingerprint density at radius 1 is 1.38 bits per heavy atom. The number of aliphatic hydroxyl groups is 1. The van der Waals surface area contributed by atoms with Crippen molar-refractivity contribution in [2.24, 2.45) is 4.99 Å². The third-order valence-corrected chi connectivity index (χ3v) is 7.63. The van der Waals surface area contributed by atoms with E-state index in [1.54, 1.807) is 23.0 Å². The van der Waals surface area contributed by atoms with Crippen LogP contribution in [0.4, 0.5) is 0 Å².